The van der Waals surface area contributed by atoms with Gasteiger partial charge in [0.2, 0.25) is 5.89 Å². The molecule has 3 rings (SSSR count). The van der Waals surface area contributed by atoms with Crippen LogP contribution in [0.2, 0.25) is 0 Å². The smallest absolute Gasteiger partial charge is 0.205 e. The normalized spacial score (nSPS) is 11.0. The number of rotatable bonds is 3. The van der Waals surface area contributed by atoms with Crippen LogP contribution in [0.3, 0.4) is 0 Å². The molecule has 19 heavy (non-hydrogen) atoms. The Morgan fingerprint density at radius 3 is 2.68 bits per heavy atom. The fourth-order valence-corrected chi connectivity index (χ4v) is 2.50. The van der Waals surface area contributed by atoms with Crippen molar-refractivity contribution >= 4 is 28.5 Å². The third-order valence-corrected chi connectivity index (χ3v) is 3.67. The molecule has 3 nitrogen and oxygen atoms in total. The number of oxazole rings is 1. The molecular formula is C14H11FN2OS. The van der Waals surface area contributed by atoms with Gasteiger partial charge in [0, 0.05) is 4.90 Å². The van der Waals surface area contributed by atoms with Gasteiger partial charge >= 0.3 is 0 Å². The molecule has 0 saturated heterocycles. The first kappa shape index (κ1) is 12.0. The van der Waals surface area contributed by atoms with E-state index in [2.05, 4.69) is 4.98 Å². The highest BCUT2D eigenvalue weighted by Gasteiger charge is 2.08. The molecule has 0 atom stereocenters. The number of nitrogens with zero attached hydrogens (tertiary/aromatic N) is 1. The lowest BCUT2D eigenvalue weighted by molar-refractivity contribution is 0.556. The van der Waals surface area contributed by atoms with E-state index in [1.165, 1.54) is 23.9 Å². The van der Waals surface area contributed by atoms with E-state index in [4.69, 9.17) is 10.2 Å². The van der Waals surface area contributed by atoms with Crippen molar-refractivity contribution in [2.24, 2.45) is 0 Å². The number of halogens is 1. The van der Waals surface area contributed by atoms with Crippen LogP contribution in [0.25, 0.3) is 11.1 Å². The van der Waals surface area contributed by atoms with Gasteiger partial charge < -0.3 is 10.2 Å². The van der Waals surface area contributed by atoms with Crippen LogP contribution in [0.15, 0.2) is 51.8 Å². The molecule has 5 heteroatoms. The number of aromatic nitrogens is 1. The Bertz CT molecular complexity index is 709. The predicted molar refractivity (Wildman–Crippen MR) is 74.4 cm³/mol. The van der Waals surface area contributed by atoms with E-state index in [1.54, 1.807) is 18.2 Å². The van der Waals surface area contributed by atoms with E-state index >= 15 is 0 Å². The Morgan fingerprint density at radius 1 is 1.16 bits per heavy atom. The topological polar surface area (TPSA) is 52.0 Å². The van der Waals surface area contributed by atoms with Gasteiger partial charge in [0.15, 0.2) is 5.58 Å². The zero-order valence-electron chi connectivity index (χ0n) is 9.97. The van der Waals surface area contributed by atoms with E-state index in [-0.39, 0.29) is 5.82 Å². The lowest BCUT2D eigenvalue weighted by Crippen LogP contribution is -1.85. The molecule has 1 heterocycles. The van der Waals surface area contributed by atoms with Gasteiger partial charge in [-0.25, -0.2) is 9.37 Å². The maximum atomic E-state index is 12.8. The van der Waals surface area contributed by atoms with Crippen molar-refractivity contribution in [3.8, 4) is 0 Å². The van der Waals surface area contributed by atoms with E-state index in [0.29, 0.717) is 28.4 Å². The van der Waals surface area contributed by atoms with Gasteiger partial charge in [0.25, 0.3) is 0 Å². The third-order valence-electron chi connectivity index (χ3n) is 2.67. The molecule has 0 fully saturated rings. The van der Waals surface area contributed by atoms with E-state index < -0.39 is 0 Å². The molecule has 1 aromatic heterocycles. The molecule has 0 amide bonds. The lowest BCUT2D eigenvalue weighted by Gasteiger charge is -1.97. The van der Waals surface area contributed by atoms with Crippen LogP contribution < -0.4 is 5.73 Å². The SMILES string of the molecule is Nc1cccc2oc(CSc3ccc(F)cc3)nc12. The van der Waals surface area contributed by atoms with E-state index in [0.717, 1.165) is 4.90 Å². The van der Waals surface area contributed by atoms with Crippen molar-refractivity contribution in [3.63, 3.8) is 0 Å². The summed E-state index contributed by atoms with van der Waals surface area (Å²) >= 11 is 1.54. The van der Waals surface area contributed by atoms with Gasteiger partial charge in [-0.2, -0.15) is 0 Å². The van der Waals surface area contributed by atoms with Crippen LogP contribution in [-0.2, 0) is 5.75 Å². The summed E-state index contributed by atoms with van der Waals surface area (Å²) in [6.07, 6.45) is 0. The predicted octanol–water partition coefficient (Wildman–Crippen LogP) is 3.84. The first-order valence-electron chi connectivity index (χ1n) is 5.74. The van der Waals surface area contributed by atoms with Crippen molar-refractivity contribution in [1.29, 1.82) is 0 Å². The second-order valence-corrected chi connectivity index (χ2v) is 5.09. The highest BCUT2D eigenvalue weighted by molar-refractivity contribution is 7.98. The molecule has 0 unspecified atom stereocenters. The van der Waals surface area contributed by atoms with E-state index in [9.17, 15) is 4.39 Å². The monoisotopic (exact) mass is 274 g/mol. The van der Waals surface area contributed by atoms with Crippen molar-refractivity contribution in [2.45, 2.75) is 10.6 Å². The highest BCUT2D eigenvalue weighted by Crippen LogP contribution is 2.26. The molecule has 0 radical (unpaired) electrons. The summed E-state index contributed by atoms with van der Waals surface area (Å²) < 4.78 is 18.4. The molecule has 0 saturated carbocycles. The molecule has 0 aliphatic heterocycles. The number of hydrogen-bond donors (Lipinski definition) is 1. The average Bonchev–Trinajstić information content (AvgIpc) is 2.83. The fourth-order valence-electron chi connectivity index (χ4n) is 1.75. The Morgan fingerprint density at radius 2 is 1.95 bits per heavy atom. The largest absolute Gasteiger partial charge is 0.440 e. The number of fused-ring (bicyclic) bond motifs is 1. The molecule has 0 aliphatic rings. The second kappa shape index (κ2) is 4.93. The first-order chi connectivity index (χ1) is 9.22. The Balaban J connectivity index is 1.78. The zero-order valence-corrected chi connectivity index (χ0v) is 10.8. The molecule has 2 aromatic carbocycles. The minimum absolute atomic E-state index is 0.237. The molecular weight excluding hydrogens is 263 g/mol. The first-order valence-corrected chi connectivity index (χ1v) is 6.73. The third kappa shape index (κ3) is 2.56. The molecule has 0 bridgehead atoms. The summed E-state index contributed by atoms with van der Waals surface area (Å²) in [5.41, 5.74) is 7.81. The van der Waals surface area contributed by atoms with Crippen LogP contribution in [0, 0.1) is 5.82 Å². The van der Waals surface area contributed by atoms with Crippen LogP contribution in [-0.4, -0.2) is 4.98 Å². The van der Waals surface area contributed by atoms with Gasteiger partial charge in [-0.05, 0) is 36.4 Å². The van der Waals surface area contributed by atoms with Crippen LogP contribution in [0.4, 0.5) is 10.1 Å². The van der Waals surface area contributed by atoms with E-state index in [1.807, 2.05) is 12.1 Å². The quantitative estimate of drug-likeness (QED) is 0.582. The molecule has 0 aliphatic carbocycles. The fraction of sp³-hybridized carbons (Fsp3) is 0.0714. The molecule has 3 aromatic rings. The minimum Gasteiger partial charge on any atom is -0.440 e. The Kier molecular flexibility index (Phi) is 3.13. The van der Waals surface area contributed by atoms with Crippen molar-refractivity contribution in [3.05, 3.63) is 54.2 Å². The number of nitrogen functional groups attached to an aromatic ring is 1. The van der Waals surface area contributed by atoms with Crippen molar-refractivity contribution in [1.82, 2.24) is 4.98 Å². The lowest BCUT2D eigenvalue weighted by atomic mass is 10.3. The van der Waals surface area contributed by atoms with Gasteiger partial charge in [-0.15, -0.1) is 11.8 Å². The average molecular weight is 274 g/mol. The van der Waals surface area contributed by atoms with Crippen LogP contribution in [0.1, 0.15) is 5.89 Å². The summed E-state index contributed by atoms with van der Waals surface area (Å²) in [7, 11) is 0. The van der Waals surface area contributed by atoms with Crippen molar-refractivity contribution < 1.29 is 8.81 Å². The number of anilines is 1. The maximum absolute atomic E-state index is 12.8. The number of benzene rings is 2. The molecule has 0 spiro atoms. The second-order valence-electron chi connectivity index (χ2n) is 4.04. The van der Waals surface area contributed by atoms with Crippen LogP contribution >= 0.6 is 11.8 Å². The maximum Gasteiger partial charge on any atom is 0.205 e. The van der Waals surface area contributed by atoms with Crippen molar-refractivity contribution in [2.75, 3.05) is 5.73 Å². The summed E-state index contributed by atoms with van der Waals surface area (Å²) in [6.45, 7) is 0. The minimum atomic E-state index is -0.237. The van der Waals surface area contributed by atoms with Gasteiger partial charge in [-0.1, -0.05) is 6.07 Å². The number of hydrogen-bond acceptors (Lipinski definition) is 4. The van der Waals surface area contributed by atoms with Gasteiger partial charge in [0.05, 0.1) is 11.4 Å². The zero-order chi connectivity index (χ0) is 13.2. The number of nitrogens with two attached hydrogens (primary N) is 1. The van der Waals surface area contributed by atoms with Crippen LogP contribution in [0.5, 0.6) is 0 Å². The standard InChI is InChI=1S/C14H11FN2OS/c15-9-4-6-10(7-5-9)19-8-13-17-14-11(16)2-1-3-12(14)18-13/h1-7H,8,16H2. The summed E-state index contributed by atoms with van der Waals surface area (Å²) in [5.74, 6) is 0.959. The molecule has 2 N–H and O–H groups in total. The number of thioether (sulfide) groups is 1. The van der Waals surface area contributed by atoms with Gasteiger partial charge in [-0.3, -0.25) is 0 Å². The number of para-hydroxylation sites is 1. The summed E-state index contributed by atoms with van der Waals surface area (Å²) in [6, 6.07) is 11.8. The highest BCUT2D eigenvalue weighted by atomic mass is 32.2. The summed E-state index contributed by atoms with van der Waals surface area (Å²) in [4.78, 5) is 5.33. The van der Waals surface area contributed by atoms with Gasteiger partial charge in [0.1, 0.15) is 11.3 Å². The molecule has 96 valence electrons. The Hall–Kier alpha value is -2.01. The Labute approximate surface area is 113 Å². The summed E-state index contributed by atoms with van der Waals surface area (Å²) in [5, 5.41) is 0.